The van der Waals surface area contributed by atoms with Gasteiger partial charge < -0.3 is 4.74 Å². The Bertz CT molecular complexity index is 1670. The number of benzene rings is 5. The molecule has 0 saturated heterocycles. The highest BCUT2D eigenvalue weighted by atomic mass is 32.1. The summed E-state index contributed by atoms with van der Waals surface area (Å²) in [6, 6.07) is 30.5. The fourth-order valence-corrected chi connectivity index (χ4v) is 5.98. The summed E-state index contributed by atoms with van der Waals surface area (Å²) in [4.78, 5) is 0. The highest BCUT2D eigenvalue weighted by molar-refractivity contribution is 7.26. The predicted octanol–water partition coefficient (Wildman–Crippen LogP) is 8.85. The lowest BCUT2D eigenvalue weighted by Crippen LogP contribution is -1.89. The van der Waals surface area contributed by atoms with E-state index in [1.54, 1.807) is 7.11 Å². The van der Waals surface area contributed by atoms with Crippen molar-refractivity contribution in [2.75, 3.05) is 7.11 Å². The molecule has 1 nitrogen and oxygen atoms in total. The molecule has 0 aliphatic carbocycles. The second-order valence-electron chi connectivity index (χ2n) is 8.18. The van der Waals surface area contributed by atoms with Crippen molar-refractivity contribution in [3.05, 3.63) is 102 Å². The van der Waals surface area contributed by atoms with Crippen LogP contribution in [0.4, 0.5) is 0 Å². The van der Waals surface area contributed by atoms with Crippen LogP contribution < -0.4 is 4.74 Å². The molecule has 6 aromatic rings. The lowest BCUT2D eigenvalue weighted by atomic mass is 9.97. The van der Waals surface area contributed by atoms with E-state index in [2.05, 4.69) is 91.9 Å². The van der Waals surface area contributed by atoms with Crippen LogP contribution >= 0.6 is 11.3 Å². The summed E-state index contributed by atoms with van der Waals surface area (Å²) in [5, 5.41) is 7.91. The second kappa shape index (κ2) is 7.51. The van der Waals surface area contributed by atoms with Crippen LogP contribution in [-0.4, -0.2) is 7.11 Å². The van der Waals surface area contributed by atoms with E-state index in [0.29, 0.717) is 0 Å². The maximum atomic E-state index is 5.62. The summed E-state index contributed by atoms with van der Waals surface area (Å²) in [6.07, 6.45) is 4.44. The molecule has 5 aromatic carbocycles. The number of ether oxygens (including phenoxy) is 1. The lowest BCUT2D eigenvalue weighted by molar-refractivity contribution is 0.413. The quantitative estimate of drug-likeness (QED) is 0.255. The maximum absolute atomic E-state index is 5.62. The largest absolute Gasteiger partial charge is 0.496 e. The van der Waals surface area contributed by atoms with Gasteiger partial charge in [-0.25, -0.2) is 0 Å². The van der Waals surface area contributed by atoms with Gasteiger partial charge in [0.2, 0.25) is 0 Å². The molecule has 0 aliphatic heterocycles. The highest BCUT2D eigenvalue weighted by Gasteiger charge is 2.14. The molecule has 154 valence electrons. The minimum atomic E-state index is 0.903. The van der Waals surface area contributed by atoms with Crippen molar-refractivity contribution in [2.45, 2.75) is 6.92 Å². The molecule has 0 aliphatic rings. The molecule has 0 fully saturated rings. The maximum Gasteiger partial charge on any atom is 0.126 e. The lowest BCUT2D eigenvalue weighted by Gasteiger charge is -2.08. The number of thiophene rings is 1. The molecule has 1 heterocycles. The Labute approximate surface area is 191 Å². The molecule has 0 bridgehead atoms. The molecule has 2 heteroatoms. The number of rotatable bonds is 3. The third kappa shape index (κ3) is 2.91. The van der Waals surface area contributed by atoms with Crippen LogP contribution in [-0.2, 0) is 0 Å². The molecule has 32 heavy (non-hydrogen) atoms. The highest BCUT2D eigenvalue weighted by Crippen LogP contribution is 2.44. The SMILES string of the molecule is COc1cccc(C)c1/C=C/c1cc2ccccc2c2c1sc1ccc3ccccc3c12. The Hall–Kier alpha value is -3.62. The standard InChI is InChI=1S/C30H22OS/c1-19-8-7-13-26(31-2)23(19)16-14-22-18-21-10-4-6-12-25(21)29-28-24-11-5-3-9-20(24)15-17-27(28)32-30(22)29/h3-18H,1-2H3/b16-14+. The van der Waals surface area contributed by atoms with E-state index >= 15 is 0 Å². The van der Waals surface area contributed by atoms with E-state index in [9.17, 15) is 0 Å². The van der Waals surface area contributed by atoms with Gasteiger partial charge in [0.1, 0.15) is 5.75 Å². The van der Waals surface area contributed by atoms with Gasteiger partial charge in [0, 0.05) is 25.7 Å². The molecule has 1 aromatic heterocycles. The number of fused-ring (bicyclic) bond motifs is 7. The number of hydrogen-bond acceptors (Lipinski definition) is 2. The Balaban J connectivity index is 1.70. The van der Waals surface area contributed by atoms with E-state index in [4.69, 9.17) is 4.74 Å². The van der Waals surface area contributed by atoms with E-state index in [0.717, 1.165) is 11.3 Å². The molecule has 0 amide bonds. The number of aryl methyl sites for hydroxylation is 1. The van der Waals surface area contributed by atoms with Crippen molar-refractivity contribution in [1.82, 2.24) is 0 Å². The van der Waals surface area contributed by atoms with Crippen LogP contribution in [0.1, 0.15) is 16.7 Å². The van der Waals surface area contributed by atoms with Gasteiger partial charge >= 0.3 is 0 Å². The third-order valence-electron chi connectivity index (χ3n) is 6.32. The van der Waals surface area contributed by atoms with Crippen LogP contribution in [0.15, 0.2) is 84.9 Å². The fourth-order valence-electron chi connectivity index (χ4n) is 4.76. The molecule has 0 N–H and O–H groups in total. The van der Waals surface area contributed by atoms with Gasteiger partial charge in [0.25, 0.3) is 0 Å². The first-order chi connectivity index (χ1) is 15.7. The van der Waals surface area contributed by atoms with Gasteiger partial charge in [0.15, 0.2) is 0 Å². The molecule has 0 atom stereocenters. The zero-order valence-corrected chi connectivity index (χ0v) is 18.9. The average Bonchev–Trinajstić information content (AvgIpc) is 3.23. The first-order valence-corrected chi connectivity index (χ1v) is 11.6. The van der Waals surface area contributed by atoms with Gasteiger partial charge in [-0.05, 0) is 57.8 Å². The van der Waals surface area contributed by atoms with Crippen LogP contribution in [0.5, 0.6) is 5.75 Å². The molecule has 0 radical (unpaired) electrons. The summed E-state index contributed by atoms with van der Waals surface area (Å²) in [5.74, 6) is 0.903. The van der Waals surface area contributed by atoms with Crippen molar-refractivity contribution in [3.8, 4) is 5.75 Å². The first-order valence-electron chi connectivity index (χ1n) is 10.8. The van der Waals surface area contributed by atoms with Crippen molar-refractivity contribution in [2.24, 2.45) is 0 Å². The molecular formula is C30H22OS. The van der Waals surface area contributed by atoms with Crippen molar-refractivity contribution in [1.29, 1.82) is 0 Å². The van der Waals surface area contributed by atoms with E-state index < -0.39 is 0 Å². The normalized spacial score (nSPS) is 11.9. The first kappa shape index (κ1) is 19.1. The molecule has 0 unspecified atom stereocenters. The van der Waals surface area contributed by atoms with Crippen molar-refractivity contribution in [3.63, 3.8) is 0 Å². The molecular weight excluding hydrogens is 408 g/mol. The average molecular weight is 431 g/mol. The van der Waals surface area contributed by atoms with E-state index in [1.165, 1.54) is 52.8 Å². The Morgan fingerprint density at radius 1 is 0.719 bits per heavy atom. The van der Waals surface area contributed by atoms with Gasteiger partial charge in [-0.2, -0.15) is 0 Å². The Kier molecular flexibility index (Phi) is 4.48. The van der Waals surface area contributed by atoms with Gasteiger partial charge in [-0.1, -0.05) is 78.9 Å². The fraction of sp³-hybridized carbons (Fsp3) is 0.0667. The van der Waals surface area contributed by atoms with Crippen LogP contribution in [0.2, 0.25) is 0 Å². The van der Waals surface area contributed by atoms with Crippen LogP contribution in [0.25, 0.3) is 53.9 Å². The summed E-state index contributed by atoms with van der Waals surface area (Å²) in [5.41, 5.74) is 3.58. The van der Waals surface area contributed by atoms with Gasteiger partial charge in [0.05, 0.1) is 7.11 Å². The predicted molar refractivity (Wildman–Crippen MR) is 141 cm³/mol. The third-order valence-corrected chi connectivity index (χ3v) is 7.52. The van der Waals surface area contributed by atoms with Gasteiger partial charge in [-0.15, -0.1) is 11.3 Å². The summed E-state index contributed by atoms with van der Waals surface area (Å²) < 4.78 is 8.28. The van der Waals surface area contributed by atoms with Crippen LogP contribution in [0, 0.1) is 6.92 Å². The van der Waals surface area contributed by atoms with Crippen molar-refractivity contribution >= 4 is 65.2 Å². The summed E-state index contributed by atoms with van der Waals surface area (Å²) in [6.45, 7) is 2.13. The van der Waals surface area contributed by atoms with Crippen molar-refractivity contribution < 1.29 is 4.74 Å². The summed E-state index contributed by atoms with van der Waals surface area (Å²) >= 11 is 1.88. The van der Waals surface area contributed by atoms with Gasteiger partial charge in [-0.3, -0.25) is 0 Å². The number of methoxy groups -OCH3 is 1. The smallest absolute Gasteiger partial charge is 0.126 e. The minimum absolute atomic E-state index is 0.903. The monoisotopic (exact) mass is 430 g/mol. The summed E-state index contributed by atoms with van der Waals surface area (Å²) in [7, 11) is 1.73. The number of hydrogen-bond donors (Lipinski definition) is 0. The topological polar surface area (TPSA) is 9.23 Å². The Morgan fingerprint density at radius 2 is 1.47 bits per heavy atom. The minimum Gasteiger partial charge on any atom is -0.496 e. The zero-order chi connectivity index (χ0) is 21.7. The second-order valence-corrected chi connectivity index (χ2v) is 9.23. The van der Waals surface area contributed by atoms with Crippen LogP contribution in [0.3, 0.4) is 0 Å². The molecule has 6 rings (SSSR count). The molecule has 0 saturated carbocycles. The Morgan fingerprint density at radius 3 is 2.28 bits per heavy atom. The van der Waals surface area contributed by atoms with E-state index in [1.807, 2.05) is 23.5 Å². The van der Waals surface area contributed by atoms with E-state index in [-0.39, 0.29) is 0 Å². The molecule has 0 spiro atoms. The zero-order valence-electron chi connectivity index (χ0n) is 18.1.